The Morgan fingerprint density at radius 3 is 2.12 bits per heavy atom. The van der Waals surface area contributed by atoms with Gasteiger partial charge in [-0.2, -0.15) is 0 Å². The Bertz CT molecular complexity index is 125. The number of ether oxygens (including phenoxy) is 3. The summed E-state index contributed by atoms with van der Waals surface area (Å²) in [6, 6.07) is 0. The third kappa shape index (κ3) is 21.6. The van der Waals surface area contributed by atoms with E-state index in [1.165, 1.54) is 0 Å². The van der Waals surface area contributed by atoms with E-state index in [0.29, 0.717) is 26.4 Å². The van der Waals surface area contributed by atoms with Crippen LogP contribution in [-0.2, 0) is 14.2 Å². The maximum absolute atomic E-state index is 8.69. The Kier molecular flexibility index (Phi) is 17.7. The first kappa shape index (κ1) is 19.1. The van der Waals surface area contributed by atoms with Crippen molar-refractivity contribution in [2.45, 2.75) is 26.1 Å². The van der Waals surface area contributed by atoms with Crippen molar-refractivity contribution in [1.29, 1.82) is 0 Å². The molecule has 106 valence electrons. The van der Waals surface area contributed by atoms with E-state index in [4.69, 9.17) is 24.8 Å². The third-order valence-corrected chi connectivity index (χ3v) is 1.55. The van der Waals surface area contributed by atoms with Crippen LogP contribution in [0.15, 0.2) is 0 Å². The van der Waals surface area contributed by atoms with Crippen LogP contribution in [0.4, 0.5) is 0 Å². The fraction of sp³-hybridized carbons (Fsp3) is 1.00. The van der Waals surface area contributed by atoms with Gasteiger partial charge in [0.25, 0.3) is 0 Å². The summed E-state index contributed by atoms with van der Waals surface area (Å²) in [4.78, 5) is 0. The zero-order chi connectivity index (χ0) is 13.5. The quantitative estimate of drug-likeness (QED) is 0.476. The van der Waals surface area contributed by atoms with Gasteiger partial charge in [-0.3, -0.25) is 0 Å². The van der Waals surface area contributed by atoms with Gasteiger partial charge in [-0.25, -0.2) is 0 Å². The van der Waals surface area contributed by atoms with Crippen LogP contribution in [-0.4, -0.2) is 74.3 Å². The van der Waals surface area contributed by atoms with Crippen LogP contribution in [0, 0.1) is 0 Å². The zero-order valence-corrected chi connectivity index (χ0v) is 11.0. The van der Waals surface area contributed by atoms with Crippen molar-refractivity contribution in [2.24, 2.45) is 0 Å². The Morgan fingerprint density at radius 1 is 1.06 bits per heavy atom. The molecule has 0 heterocycles. The maximum Gasteiger partial charge on any atom is 0.0779 e. The summed E-state index contributed by atoms with van der Waals surface area (Å²) >= 11 is 0. The molecule has 0 aliphatic rings. The summed E-state index contributed by atoms with van der Waals surface area (Å²) in [7, 11) is 1.61. The summed E-state index contributed by atoms with van der Waals surface area (Å²) in [5.41, 5.74) is 0. The summed E-state index contributed by atoms with van der Waals surface area (Å²) in [5, 5.41) is 25.3. The molecule has 17 heavy (non-hydrogen) atoms. The lowest BCUT2D eigenvalue weighted by Crippen LogP contribution is -2.19. The number of rotatable bonds is 9. The van der Waals surface area contributed by atoms with Crippen LogP contribution in [0.2, 0.25) is 0 Å². The van der Waals surface area contributed by atoms with Crippen molar-refractivity contribution in [2.75, 3.05) is 46.8 Å². The van der Waals surface area contributed by atoms with Crippen molar-refractivity contribution in [3.8, 4) is 0 Å². The maximum atomic E-state index is 8.69. The van der Waals surface area contributed by atoms with E-state index in [1.54, 1.807) is 21.0 Å². The lowest BCUT2D eigenvalue weighted by molar-refractivity contribution is -0.0177. The highest BCUT2D eigenvalue weighted by molar-refractivity contribution is 4.47. The highest BCUT2D eigenvalue weighted by Crippen LogP contribution is 1.90. The smallest absolute Gasteiger partial charge is 0.0779 e. The van der Waals surface area contributed by atoms with Crippen molar-refractivity contribution in [1.82, 2.24) is 0 Å². The SMILES string of the molecule is CC(O)COC(C)CO.COCCOCCO. The molecule has 0 rings (SSSR count). The largest absolute Gasteiger partial charge is 0.394 e. The molecule has 0 spiro atoms. The zero-order valence-electron chi connectivity index (χ0n) is 11.0. The highest BCUT2D eigenvalue weighted by Gasteiger charge is 2.00. The van der Waals surface area contributed by atoms with Gasteiger partial charge in [0, 0.05) is 7.11 Å². The molecule has 6 heteroatoms. The molecule has 0 aromatic heterocycles. The molecule has 0 radical (unpaired) electrons. The van der Waals surface area contributed by atoms with Crippen molar-refractivity contribution < 1.29 is 29.5 Å². The molecule has 0 bridgehead atoms. The van der Waals surface area contributed by atoms with Crippen molar-refractivity contribution >= 4 is 0 Å². The van der Waals surface area contributed by atoms with Crippen molar-refractivity contribution in [3.63, 3.8) is 0 Å². The fourth-order valence-corrected chi connectivity index (χ4v) is 0.665. The Balaban J connectivity index is 0. The van der Waals surface area contributed by atoms with E-state index >= 15 is 0 Å². The van der Waals surface area contributed by atoms with Crippen LogP contribution >= 0.6 is 0 Å². The van der Waals surface area contributed by atoms with Crippen molar-refractivity contribution in [3.05, 3.63) is 0 Å². The topological polar surface area (TPSA) is 88.4 Å². The van der Waals surface area contributed by atoms with Crippen LogP contribution in [0.25, 0.3) is 0 Å². The Morgan fingerprint density at radius 2 is 1.71 bits per heavy atom. The van der Waals surface area contributed by atoms with E-state index in [9.17, 15) is 0 Å². The van der Waals surface area contributed by atoms with Crippen LogP contribution in [0.3, 0.4) is 0 Å². The molecule has 0 aromatic rings. The second-order valence-electron chi connectivity index (χ2n) is 3.50. The molecule has 2 atom stereocenters. The molecule has 3 N–H and O–H groups in total. The lowest BCUT2D eigenvalue weighted by Gasteiger charge is -2.10. The minimum atomic E-state index is -0.445. The molecule has 0 aromatic carbocycles. The molecule has 0 fully saturated rings. The van der Waals surface area contributed by atoms with Crippen LogP contribution in [0.5, 0.6) is 0 Å². The Labute approximate surface area is 103 Å². The lowest BCUT2D eigenvalue weighted by atomic mass is 10.4. The van der Waals surface area contributed by atoms with E-state index in [-0.39, 0.29) is 19.3 Å². The Hall–Kier alpha value is -0.240. The van der Waals surface area contributed by atoms with Gasteiger partial charge in [0.1, 0.15) is 0 Å². The van der Waals surface area contributed by atoms with Gasteiger partial charge in [-0.1, -0.05) is 0 Å². The predicted molar refractivity (Wildman–Crippen MR) is 64.0 cm³/mol. The van der Waals surface area contributed by atoms with E-state index in [1.807, 2.05) is 0 Å². The first-order valence-corrected chi connectivity index (χ1v) is 5.66. The molecule has 0 aliphatic carbocycles. The van der Waals surface area contributed by atoms with Gasteiger partial charge in [-0.05, 0) is 13.8 Å². The van der Waals surface area contributed by atoms with E-state index < -0.39 is 6.10 Å². The molecule has 0 saturated heterocycles. The van der Waals surface area contributed by atoms with Gasteiger partial charge in [-0.15, -0.1) is 0 Å². The third-order valence-electron chi connectivity index (χ3n) is 1.55. The minimum Gasteiger partial charge on any atom is -0.394 e. The number of hydrogen-bond donors (Lipinski definition) is 3. The summed E-state index contributed by atoms with van der Waals surface area (Å²) in [5.74, 6) is 0. The van der Waals surface area contributed by atoms with Crippen LogP contribution < -0.4 is 0 Å². The normalized spacial score (nSPS) is 13.8. The first-order valence-electron chi connectivity index (χ1n) is 5.66. The average Bonchev–Trinajstić information content (AvgIpc) is 2.32. The number of aliphatic hydroxyl groups excluding tert-OH is 3. The average molecular weight is 254 g/mol. The van der Waals surface area contributed by atoms with Gasteiger partial charge < -0.3 is 29.5 Å². The minimum absolute atomic E-state index is 0.00667. The molecular weight excluding hydrogens is 228 g/mol. The first-order chi connectivity index (χ1) is 8.08. The molecular formula is C11H26O6. The second kappa shape index (κ2) is 15.8. The monoisotopic (exact) mass is 254 g/mol. The van der Waals surface area contributed by atoms with Gasteiger partial charge in [0.2, 0.25) is 0 Å². The molecule has 0 amide bonds. The highest BCUT2D eigenvalue weighted by atomic mass is 16.5. The fourth-order valence-electron chi connectivity index (χ4n) is 0.665. The van der Waals surface area contributed by atoms with Crippen LogP contribution in [0.1, 0.15) is 13.8 Å². The van der Waals surface area contributed by atoms with E-state index in [2.05, 4.69) is 4.74 Å². The van der Waals surface area contributed by atoms with Gasteiger partial charge >= 0.3 is 0 Å². The predicted octanol–water partition coefficient (Wildman–Crippen LogP) is -0.594. The number of methoxy groups -OCH3 is 1. The molecule has 2 unspecified atom stereocenters. The number of hydrogen-bond acceptors (Lipinski definition) is 6. The summed E-state index contributed by atoms with van der Waals surface area (Å²) in [6.07, 6.45) is -0.612. The number of aliphatic hydroxyl groups is 3. The molecule has 0 aliphatic heterocycles. The summed E-state index contributed by atoms with van der Waals surface area (Å²) in [6.45, 7) is 5.35. The standard InChI is InChI=1S/C6H14O3.C5H12O3/c1-5(8)4-9-6(2)3-7;1-7-4-5-8-3-2-6/h5-8H,3-4H2,1-2H3;6H,2-5H2,1H3. The second-order valence-corrected chi connectivity index (χ2v) is 3.50. The van der Waals surface area contributed by atoms with E-state index in [0.717, 1.165) is 0 Å². The van der Waals surface area contributed by atoms with Gasteiger partial charge in [0.05, 0.1) is 51.8 Å². The molecule has 6 nitrogen and oxygen atoms in total. The molecule has 0 saturated carbocycles. The summed E-state index contributed by atoms with van der Waals surface area (Å²) < 4.78 is 14.5. The van der Waals surface area contributed by atoms with Gasteiger partial charge in [0.15, 0.2) is 0 Å².